The van der Waals surface area contributed by atoms with Crippen LogP contribution in [0.5, 0.6) is 0 Å². The maximum absolute atomic E-state index is 11.1. The lowest BCUT2D eigenvalue weighted by Gasteiger charge is -2.32. The van der Waals surface area contributed by atoms with Crippen molar-refractivity contribution < 1.29 is 14.7 Å². The molecule has 2 heterocycles. The molecule has 1 aromatic heterocycles. The number of carbonyl (C=O) groups excluding carboxylic acids is 1. The number of carboxylic acid groups (broad SMARTS) is 1. The molecule has 6 nitrogen and oxygen atoms in total. The summed E-state index contributed by atoms with van der Waals surface area (Å²) in [6, 6.07) is 3.16. The first-order chi connectivity index (χ1) is 9.45. The molecule has 1 fully saturated rings. The molecule has 0 radical (unpaired) electrons. The van der Waals surface area contributed by atoms with Gasteiger partial charge in [0.25, 0.3) is 0 Å². The van der Waals surface area contributed by atoms with Crippen LogP contribution in [-0.4, -0.2) is 35.1 Å². The summed E-state index contributed by atoms with van der Waals surface area (Å²) in [5.41, 5.74) is 6.16. The highest BCUT2D eigenvalue weighted by Crippen LogP contribution is 2.24. The predicted molar refractivity (Wildman–Crippen MR) is 74.7 cm³/mol. The van der Waals surface area contributed by atoms with Crippen LogP contribution >= 0.6 is 0 Å². The summed E-state index contributed by atoms with van der Waals surface area (Å²) in [5.74, 6) is -0.182. The first kappa shape index (κ1) is 14.3. The summed E-state index contributed by atoms with van der Waals surface area (Å²) in [5, 5.41) is 9.08. The first-order valence-electron chi connectivity index (χ1n) is 6.71. The number of aromatic carboxylic acids is 1. The maximum atomic E-state index is 11.1. The lowest BCUT2D eigenvalue weighted by Crippen LogP contribution is -2.35. The van der Waals surface area contributed by atoms with Gasteiger partial charge >= 0.3 is 5.97 Å². The number of amides is 1. The zero-order valence-corrected chi connectivity index (χ0v) is 11.5. The molecule has 108 valence electrons. The highest BCUT2D eigenvalue weighted by molar-refractivity contribution is 5.88. The lowest BCUT2D eigenvalue weighted by molar-refractivity contribution is -0.119. The van der Waals surface area contributed by atoms with Gasteiger partial charge in [0, 0.05) is 25.2 Å². The second-order valence-electron chi connectivity index (χ2n) is 5.26. The molecule has 0 saturated carbocycles. The molecule has 1 aliphatic rings. The van der Waals surface area contributed by atoms with Crippen molar-refractivity contribution in [3.05, 3.63) is 23.4 Å². The fourth-order valence-corrected chi connectivity index (χ4v) is 2.59. The topological polar surface area (TPSA) is 96.5 Å². The fourth-order valence-electron chi connectivity index (χ4n) is 2.59. The van der Waals surface area contributed by atoms with Crippen molar-refractivity contribution in [1.29, 1.82) is 0 Å². The number of hydrogen-bond donors (Lipinski definition) is 2. The van der Waals surface area contributed by atoms with E-state index in [4.69, 9.17) is 10.8 Å². The Balaban J connectivity index is 2.07. The van der Waals surface area contributed by atoms with E-state index in [1.54, 1.807) is 19.1 Å². The van der Waals surface area contributed by atoms with Gasteiger partial charge in [-0.2, -0.15) is 0 Å². The molecular weight excluding hydrogens is 258 g/mol. The van der Waals surface area contributed by atoms with Crippen LogP contribution < -0.4 is 10.6 Å². The zero-order valence-electron chi connectivity index (χ0n) is 11.5. The minimum Gasteiger partial charge on any atom is -0.478 e. The van der Waals surface area contributed by atoms with Crippen LogP contribution in [0.2, 0.25) is 0 Å². The van der Waals surface area contributed by atoms with E-state index >= 15 is 0 Å². The molecule has 1 aromatic rings. The summed E-state index contributed by atoms with van der Waals surface area (Å²) in [4.78, 5) is 28.4. The Bertz CT molecular complexity index is 522. The van der Waals surface area contributed by atoms with Gasteiger partial charge in [0.15, 0.2) is 0 Å². The number of nitrogens with zero attached hydrogens (tertiary/aromatic N) is 2. The number of hydrogen-bond acceptors (Lipinski definition) is 4. The monoisotopic (exact) mass is 277 g/mol. The van der Waals surface area contributed by atoms with Crippen molar-refractivity contribution in [3.63, 3.8) is 0 Å². The van der Waals surface area contributed by atoms with E-state index in [1.165, 1.54) is 0 Å². The number of piperidine rings is 1. The van der Waals surface area contributed by atoms with Gasteiger partial charge in [-0.25, -0.2) is 9.78 Å². The van der Waals surface area contributed by atoms with Gasteiger partial charge in [-0.1, -0.05) is 0 Å². The van der Waals surface area contributed by atoms with E-state index in [2.05, 4.69) is 9.88 Å². The number of carbonyl (C=O) groups is 2. The van der Waals surface area contributed by atoms with Gasteiger partial charge in [0.05, 0.1) is 5.56 Å². The largest absolute Gasteiger partial charge is 0.478 e. The standard InChI is InChI=1S/C14H19N3O3/c1-9-6-11(14(19)20)8-13(16-9)17-4-2-10(3-5-17)7-12(15)18/h6,8,10H,2-5,7H2,1H3,(H2,15,18)(H,19,20). The number of pyridine rings is 1. The molecule has 0 unspecified atom stereocenters. The van der Waals surface area contributed by atoms with E-state index in [0.29, 0.717) is 23.9 Å². The smallest absolute Gasteiger partial charge is 0.335 e. The van der Waals surface area contributed by atoms with Crippen LogP contribution in [0.4, 0.5) is 5.82 Å². The number of nitrogens with two attached hydrogens (primary N) is 1. The van der Waals surface area contributed by atoms with Crippen molar-refractivity contribution in [3.8, 4) is 0 Å². The van der Waals surface area contributed by atoms with Gasteiger partial charge in [-0.05, 0) is 37.8 Å². The number of anilines is 1. The molecule has 1 aliphatic heterocycles. The molecule has 0 atom stereocenters. The summed E-state index contributed by atoms with van der Waals surface area (Å²) in [6.07, 6.45) is 2.18. The molecule has 1 saturated heterocycles. The predicted octanol–water partition coefficient (Wildman–Crippen LogP) is 1.18. The Labute approximate surface area is 117 Å². The van der Waals surface area contributed by atoms with Crippen LogP contribution in [0.15, 0.2) is 12.1 Å². The zero-order chi connectivity index (χ0) is 14.7. The SMILES string of the molecule is Cc1cc(C(=O)O)cc(N2CCC(CC(N)=O)CC2)n1. The molecule has 1 amide bonds. The highest BCUT2D eigenvalue weighted by atomic mass is 16.4. The van der Waals surface area contributed by atoms with Crippen LogP contribution in [0.1, 0.15) is 35.3 Å². The van der Waals surface area contributed by atoms with Crippen molar-refractivity contribution in [2.24, 2.45) is 11.7 Å². The molecule has 0 aromatic carbocycles. The van der Waals surface area contributed by atoms with Crippen LogP contribution in [0.25, 0.3) is 0 Å². The number of carboxylic acids is 1. The Hall–Kier alpha value is -2.11. The Morgan fingerprint density at radius 2 is 2.05 bits per heavy atom. The number of primary amides is 1. The van der Waals surface area contributed by atoms with E-state index in [-0.39, 0.29) is 11.5 Å². The van der Waals surface area contributed by atoms with E-state index in [0.717, 1.165) is 25.9 Å². The molecule has 6 heteroatoms. The van der Waals surface area contributed by atoms with Crippen molar-refractivity contribution in [2.45, 2.75) is 26.2 Å². The third-order valence-corrected chi connectivity index (χ3v) is 3.62. The number of aromatic nitrogens is 1. The van der Waals surface area contributed by atoms with Crippen molar-refractivity contribution in [2.75, 3.05) is 18.0 Å². The number of rotatable bonds is 4. The third kappa shape index (κ3) is 3.46. The maximum Gasteiger partial charge on any atom is 0.335 e. The van der Waals surface area contributed by atoms with Gasteiger partial charge in [0.2, 0.25) is 5.91 Å². The average molecular weight is 277 g/mol. The molecule has 20 heavy (non-hydrogen) atoms. The lowest BCUT2D eigenvalue weighted by atomic mass is 9.93. The molecular formula is C14H19N3O3. The third-order valence-electron chi connectivity index (χ3n) is 3.62. The summed E-state index contributed by atoms with van der Waals surface area (Å²) >= 11 is 0. The summed E-state index contributed by atoms with van der Waals surface area (Å²) < 4.78 is 0. The molecule has 0 aliphatic carbocycles. The normalized spacial score (nSPS) is 16.1. The minimum absolute atomic E-state index is 0.256. The fraction of sp³-hybridized carbons (Fsp3) is 0.500. The van der Waals surface area contributed by atoms with Gasteiger partial charge in [-0.15, -0.1) is 0 Å². The summed E-state index contributed by atoms with van der Waals surface area (Å²) in [7, 11) is 0. The van der Waals surface area contributed by atoms with E-state index in [1.807, 2.05) is 0 Å². The minimum atomic E-state index is -0.944. The van der Waals surface area contributed by atoms with Crippen LogP contribution in [0.3, 0.4) is 0 Å². The molecule has 3 N–H and O–H groups in total. The average Bonchev–Trinajstić information content (AvgIpc) is 2.38. The quantitative estimate of drug-likeness (QED) is 0.861. The molecule has 0 bridgehead atoms. The highest BCUT2D eigenvalue weighted by Gasteiger charge is 2.22. The summed E-state index contributed by atoms with van der Waals surface area (Å²) in [6.45, 7) is 3.33. The van der Waals surface area contributed by atoms with E-state index in [9.17, 15) is 9.59 Å². The molecule has 2 rings (SSSR count). The Kier molecular flexibility index (Phi) is 4.22. The second kappa shape index (κ2) is 5.90. The van der Waals surface area contributed by atoms with Crippen molar-refractivity contribution in [1.82, 2.24) is 4.98 Å². The number of aryl methyl sites for hydroxylation is 1. The second-order valence-corrected chi connectivity index (χ2v) is 5.26. The van der Waals surface area contributed by atoms with E-state index < -0.39 is 5.97 Å². The van der Waals surface area contributed by atoms with Gasteiger partial charge in [0.1, 0.15) is 5.82 Å². The Morgan fingerprint density at radius 3 is 2.60 bits per heavy atom. The van der Waals surface area contributed by atoms with Gasteiger partial charge in [-0.3, -0.25) is 4.79 Å². The van der Waals surface area contributed by atoms with Gasteiger partial charge < -0.3 is 15.7 Å². The first-order valence-corrected chi connectivity index (χ1v) is 6.71. The van der Waals surface area contributed by atoms with Crippen LogP contribution in [0, 0.1) is 12.8 Å². The van der Waals surface area contributed by atoms with Crippen LogP contribution in [-0.2, 0) is 4.79 Å². The molecule has 0 spiro atoms. The van der Waals surface area contributed by atoms with Crippen molar-refractivity contribution >= 4 is 17.7 Å². The Morgan fingerprint density at radius 1 is 1.40 bits per heavy atom.